The number of alkyl halides is 2. The fourth-order valence-corrected chi connectivity index (χ4v) is 4.69. The van der Waals surface area contributed by atoms with Gasteiger partial charge in [-0.3, -0.25) is 0 Å². The second-order valence-electron chi connectivity index (χ2n) is 8.48. The Morgan fingerprint density at radius 3 is 2.58 bits per heavy atom. The molecular weight excluding hydrogens is 402 g/mol. The molecule has 1 aliphatic carbocycles. The number of carbonyl (C=O) groups is 1. The molecular formula is C24H33F2N2O3+. The average Bonchev–Trinajstić information content (AvgIpc) is 3.31. The summed E-state index contributed by atoms with van der Waals surface area (Å²) in [4.78, 5) is 13.0. The van der Waals surface area contributed by atoms with Crippen LogP contribution < -0.4 is 4.57 Å². The van der Waals surface area contributed by atoms with Crippen LogP contribution in [0.5, 0.6) is 0 Å². The normalized spacial score (nSPS) is 20.0. The number of hydrogen-bond donors (Lipinski definition) is 1. The van der Waals surface area contributed by atoms with E-state index in [4.69, 9.17) is 4.74 Å². The third kappa shape index (κ3) is 4.81. The van der Waals surface area contributed by atoms with Gasteiger partial charge in [-0.1, -0.05) is 44.2 Å². The first-order valence-electron chi connectivity index (χ1n) is 11.1. The Balaban J connectivity index is 1.72. The van der Waals surface area contributed by atoms with E-state index in [-0.39, 0.29) is 19.4 Å². The Bertz CT molecular complexity index is 880. The Labute approximate surface area is 182 Å². The molecule has 170 valence electrons. The first-order chi connectivity index (χ1) is 14.7. The molecule has 0 bridgehead atoms. The molecule has 0 saturated heterocycles. The molecule has 31 heavy (non-hydrogen) atoms. The first-order valence-corrected chi connectivity index (χ1v) is 11.1. The lowest BCUT2D eigenvalue weighted by atomic mass is 9.80. The largest absolute Gasteiger partial charge is 0.459 e. The molecule has 3 rings (SSSR count). The van der Waals surface area contributed by atoms with E-state index in [9.17, 15) is 18.7 Å². The van der Waals surface area contributed by atoms with Crippen molar-refractivity contribution >= 4 is 5.97 Å². The molecule has 1 fully saturated rings. The van der Waals surface area contributed by atoms with Gasteiger partial charge in [0.2, 0.25) is 5.92 Å². The lowest BCUT2D eigenvalue weighted by Gasteiger charge is -2.32. The van der Waals surface area contributed by atoms with Crippen LogP contribution >= 0.6 is 0 Å². The van der Waals surface area contributed by atoms with Gasteiger partial charge in [0.25, 0.3) is 5.82 Å². The van der Waals surface area contributed by atoms with Crippen LogP contribution in [0.2, 0.25) is 0 Å². The summed E-state index contributed by atoms with van der Waals surface area (Å²) in [5.74, 6) is -3.57. The van der Waals surface area contributed by atoms with Crippen LogP contribution in [0.4, 0.5) is 8.78 Å². The summed E-state index contributed by atoms with van der Waals surface area (Å²) in [6.07, 6.45) is 5.23. The van der Waals surface area contributed by atoms with E-state index in [1.54, 1.807) is 30.3 Å². The monoisotopic (exact) mass is 435 g/mol. The molecule has 5 nitrogen and oxygen atoms in total. The van der Waals surface area contributed by atoms with E-state index in [0.717, 1.165) is 18.7 Å². The summed E-state index contributed by atoms with van der Waals surface area (Å²) < 4.78 is 37.4. The Morgan fingerprint density at radius 2 is 2.00 bits per heavy atom. The number of nitrogens with zero attached hydrogens (tertiary/aromatic N) is 2. The van der Waals surface area contributed by atoms with Crippen LogP contribution in [0.15, 0.2) is 42.7 Å². The highest BCUT2D eigenvalue weighted by molar-refractivity contribution is 5.81. The fraction of sp³-hybridized carbons (Fsp3) is 0.583. The highest BCUT2D eigenvalue weighted by atomic mass is 19.3. The number of carbonyl (C=O) groups excluding carboxylic acids is 1. The number of benzene rings is 1. The van der Waals surface area contributed by atoms with E-state index < -0.39 is 29.8 Å². The van der Waals surface area contributed by atoms with Crippen LogP contribution in [-0.4, -0.2) is 28.2 Å². The smallest absolute Gasteiger partial charge is 0.343 e. The van der Waals surface area contributed by atoms with Gasteiger partial charge in [-0.25, -0.2) is 22.7 Å². The van der Waals surface area contributed by atoms with Crippen LogP contribution in [0, 0.1) is 12.8 Å². The number of rotatable bonds is 9. The Hall–Kier alpha value is -2.28. The number of ether oxygens (including phenoxy) is 1. The predicted octanol–water partition coefficient (Wildman–Crippen LogP) is 4.31. The maximum atomic E-state index is 13.9. The highest BCUT2D eigenvalue weighted by Gasteiger charge is 2.54. The van der Waals surface area contributed by atoms with E-state index in [2.05, 4.69) is 18.4 Å². The molecule has 0 spiro atoms. The SMILES string of the molecule is CCC(CC)n1cc[n+](CCOC(=O)C(O)(c2ccccc2)C2CCC(F)(F)C2)c1C. The molecule has 0 aliphatic heterocycles. The van der Waals surface area contributed by atoms with Gasteiger partial charge in [0.05, 0.1) is 0 Å². The van der Waals surface area contributed by atoms with Crippen molar-refractivity contribution in [2.45, 2.75) is 77.0 Å². The summed E-state index contributed by atoms with van der Waals surface area (Å²) in [5, 5.41) is 11.4. The van der Waals surface area contributed by atoms with Crippen molar-refractivity contribution in [1.29, 1.82) is 0 Å². The standard InChI is InChI=1S/C24H33F2N2O3/c1-4-21(5-2)28-14-13-27(18(28)3)15-16-31-22(29)24(30,19-9-7-6-8-10-19)20-11-12-23(25,26)17-20/h6-10,13-14,20-21,30H,4-5,11-12,15-17H2,1-3H3/q+1. The zero-order valence-corrected chi connectivity index (χ0v) is 18.6. The van der Waals surface area contributed by atoms with Crippen LogP contribution in [0.25, 0.3) is 0 Å². The zero-order chi connectivity index (χ0) is 22.6. The number of aliphatic hydroxyl groups is 1. The third-order valence-electron chi connectivity index (χ3n) is 6.62. The summed E-state index contributed by atoms with van der Waals surface area (Å²) >= 11 is 0. The van der Waals surface area contributed by atoms with Gasteiger partial charge >= 0.3 is 5.97 Å². The van der Waals surface area contributed by atoms with Gasteiger partial charge in [-0.2, -0.15) is 0 Å². The van der Waals surface area contributed by atoms with Gasteiger partial charge < -0.3 is 9.84 Å². The quantitative estimate of drug-likeness (QED) is 0.472. The number of hydrogen-bond acceptors (Lipinski definition) is 3. The lowest BCUT2D eigenvalue weighted by molar-refractivity contribution is -0.703. The molecule has 0 amide bonds. The fourth-order valence-electron chi connectivity index (χ4n) is 4.69. The minimum absolute atomic E-state index is 0.0511. The molecule has 7 heteroatoms. The van der Waals surface area contributed by atoms with Crippen molar-refractivity contribution in [1.82, 2.24) is 4.57 Å². The Morgan fingerprint density at radius 1 is 1.32 bits per heavy atom. The summed E-state index contributed by atoms with van der Waals surface area (Å²) in [6.45, 7) is 6.79. The lowest BCUT2D eigenvalue weighted by Crippen LogP contribution is -2.45. The summed E-state index contributed by atoms with van der Waals surface area (Å²) in [7, 11) is 0. The van der Waals surface area contributed by atoms with Gasteiger partial charge in [0, 0.05) is 25.7 Å². The molecule has 1 N–H and O–H groups in total. The topological polar surface area (TPSA) is 55.3 Å². The van der Waals surface area contributed by atoms with Crippen molar-refractivity contribution in [2.75, 3.05) is 6.61 Å². The average molecular weight is 436 g/mol. The van der Waals surface area contributed by atoms with Crippen molar-refractivity contribution in [3.05, 3.63) is 54.1 Å². The predicted molar refractivity (Wildman–Crippen MR) is 113 cm³/mol. The highest BCUT2D eigenvalue weighted by Crippen LogP contribution is 2.47. The van der Waals surface area contributed by atoms with Crippen LogP contribution in [0.1, 0.15) is 63.4 Å². The van der Waals surface area contributed by atoms with E-state index in [0.29, 0.717) is 18.2 Å². The molecule has 1 aromatic heterocycles. The van der Waals surface area contributed by atoms with E-state index in [1.807, 2.05) is 23.9 Å². The minimum Gasteiger partial charge on any atom is -0.459 e. The Kier molecular flexibility index (Phi) is 7.14. The molecule has 1 aliphatic rings. The molecule has 1 aromatic carbocycles. The second kappa shape index (κ2) is 9.47. The van der Waals surface area contributed by atoms with Crippen molar-refractivity contribution in [3.8, 4) is 0 Å². The maximum absolute atomic E-state index is 13.9. The molecule has 1 heterocycles. The van der Waals surface area contributed by atoms with Crippen LogP contribution in [-0.2, 0) is 21.7 Å². The van der Waals surface area contributed by atoms with Crippen molar-refractivity contribution in [3.63, 3.8) is 0 Å². The molecule has 2 atom stereocenters. The van der Waals surface area contributed by atoms with Gasteiger partial charge in [-0.05, 0) is 24.8 Å². The number of esters is 1. The summed E-state index contributed by atoms with van der Waals surface area (Å²) in [6, 6.07) is 8.71. The van der Waals surface area contributed by atoms with E-state index in [1.165, 1.54) is 0 Å². The van der Waals surface area contributed by atoms with E-state index >= 15 is 0 Å². The van der Waals surface area contributed by atoms with Gasteiger partial charge in [-0.15, -0.1) is 0 Å². The number of aromatic nitrogens is 2. The second-order valence-corrected chi connectivity index (χ2v) is 8.48. The first kappa shape index (κ1) is 23.4. The molecule has 1 saturated carbocycles. The van der Waals surface area contributed by atoms with Gasteiger partial charge in [0.1, 0.15) is 31.6 Å². The molecule has 2 aromatic rings. The van der Waals surface area contributed by atoms with Gasteiger partial charge in [0.15, 0.2) is 5.60 Å². The maximum Gasteiger partial charge on any atom is 0.343 e. The number of imidazole rings is 1. The zero-order valence-electron chi connectivity index (χ0n) is 18.6. The van der Waals surface area contributed by atoms with Crippen LogP contribution in [0.3, 0.4) is 0 Å². The van der Waals surface area contributed by atoms with Crippen molar-refractivity contribution < 1.29 is 28.0 Å². The minimum atomic E-state index is -2.88. The third-order valence-corrected chi connectivity index (χ3v) is 6.62. The molecule has 2 unspecified atom stereocenters. The van der Waals surface area contributed by atoms with Crippen molar-refractivity contribution in [2.24, 2.45) is 5.92 Å². The number of halogens is 2. The molecule has 0 radical (unpaired) electrons. The summed E-state index contributed by atoms with van der Waals surface area (Å²) in [5.41, 5.74) is -1.78.